The second kappa shape index (κ2) is 5.79. The monoisotopic (exact) mass is 317 g/mol. The van der Waals surface area contributed by atoms with E-state index < -0.39 is 0 Å². The summed E-state index contributed by atoms with van der Waals surface area (Å²) in [5, 5.41) is 6.11. The quantitative estimate of drug-likeness (QED) is 0.900. The van der Waals surface area contributed by atoms with Crippen LogP contribution in [0, 0.1) is 0 Å². The van der Waals surface area contributed by atoms with Gasteiger partial charge < -0.3 is 14.8 Å². The van der Waals surface area contributed by atoms with Crippen LogP contribution in [-0.2, 0) is 11.3 Å². The fraction of sp³-hybridized carbons (Fsp3) is 0.533. The van der Waals surface area contributed by atoms with Gasteiger partial charge in [-0.2, -0.15) is 0 Å². The summed E-state index contributed by atoms with van der Waals surface area (Å²) in [6.45, 7) is 2.42. The largest absolute Gasteiger partial charge is 0.350 e. The first-order valence-electron chi connectivity index (χ1n) is 7.76. The van der Waals surface area contributed by atoms with Crippen LogP contribution in [0.1, 0.15) is 37.4 Å². The maximum atomic E-state index is 12.2. The second-order valence-corrected chi connectivity index (χ2v) is 6.71. The number of rotatable bonds is 5. The number of carbonyl (C=O) groups is 1. The molecule has 1 aliphatic carbocycles. The molecule has 0 spiro atoms. The van der Waals surface area contributed by atoms with Gasteiger partial charge >= 0.3 is 0 Å². The summed E-state index contributed by atoms with van der Waals surface area (Å²) in [5.41, 5.74) is 2.16. The highest BCUT2D eigenvalue weighted by Crippen LogP contribution is 2.35. The maximum absolute atomic E-state index is 12.2. The third kappa shape index (κ3) is 2.77. The molecule has 1 saturated carbocycles. The lowest BCUT2D eigenvalue weighted by molar-refractivity contribution is -0.120. The predicted molar refractivity (Wildman–Crippen MR) is 86.3 cm³/mol. The topological polar surface area (TPSA) is 62.5 Å². The molecule has 7 heteroatoms. The third-order valence-electron chi connectivity index (χ3n) is 4.16. The van der Waals surface area contributed by atoms with Crippen molar-refractivity contribution < 1.29 is 4.79 Å². The molecule has 0 radical (unpaired) electrons. The lowest BCUT2D eigenvalue weighted by Crippen LogP contribution is -2.32. The van der Waals surface area contributed by atoms with Gasteiger partial charge in [0.25, 0.3) is 0 Å². The van der Waals surface area contributed by atoms with Crippen molar-refractivity contribution >= 4 is 22.8 Å². The molecule has 22 heavy (non-hydrogen) atoms. The number of imidazole rings is 1. The van der Waals surface area contributed by atoms with E-state index in [4.69, 9.17) is 0 Å². The normalized spacial score (nSPS) is 20.5. The van der Waals surface area contributed by atoms with Crippen LogP contribution >= 0.6 is 11.8 Å². The van der Waals surface area contributed by atoms with Crippen molar-refractivity contribution in [2.24, 2.45) is 4.99 Å². The van der Waals surface area contributed by atoms with Gasteiger partial charge in [0, 0.05) is 31.0 Å². The number of hydrogen-bond donors (Lipinski definition) is 1. The number of amidine groups is 1. The Balaban J connectivity index is 1.32. The molecule has 1 N–H and O–H groups in total. The Labute approximate surface area is 133 Å². The molecule has 3 heterocycles. The van der Waals surface area contributed by atoms with Crippen LogP contribution in [0.5, 0.6) is 0 Å². The first-order chi connectivity index (χ1) is 10.8. The van der Waals surface area contributed by atoms with Gasteiger partial charge in [-0.15, -0.1) is 0 Å². The summed E-state index contributed by atoms with van der Waals surface area (Å²) in [7, 11) is 0. The van der Waals surface area contributed by atoms with Crippen LogP contribution < -0.4 is 5.32 Å². The average Bonchev–Trinajstić information content (AvgIpc) is 3.14. The van der Waals surface area contributed by atoms with Gasteiger partial charge in [-0.25, -0.2) is 4.98 Å². The lowest BCUT2D eigenvalue weighted by atomic mass is 10.2. The molecule has 0 unspecified atom stereocenters. The van der Waals surface area contributed by atoms with Gasteiger partial charge in [0.15, 0.2) is 5.17 Å². The van der Waals surface area contributed by atoms with Crippen molar-refractivity contribution in [3.63, 3.8) is 0 Å². The van der Waals surface area contributed by atoms with Crippen LogP contribution in [0.25, 0.3) is 0 Å². The first-order valence-corrected chi connectivity index (χ1v) is 8.64. The van der Waals surface area contributed by atoms with E-state index in [1.165, 1.54) is 12.8 Å². The number of nitrogens with zero attached hydrogens (tertiary/aromatic N) is 4. The molecule has 6 nitrogen and oxygen atoms in total. The van der Waals surface area contributed by atoms with Crippen LogP contribution in [0.2, 0.25) is 0 Å². The lowest BCUT2D eigenvalue weighted by Gasteiger charge is -2.25. The number of carbonyl (C=O) groups excluding carboxylic acids is 1. The molecule has 0 aromatic carbocycles. The zero-order chi connectivity index (χ0) is 14.9. The maximum Gasteiger partial charge on any atom is 0.226 e. The molecule has 4 rings (SSSR count). The van der Waals surface area contributed by atoms with Gasteiger partial charge in [0.2, 0.25) is 5.91 Å². The minimum absolute atomic E-state index is 0.0576. The Bertz CT molecular complexity index is 646. The van der Waals surface area contributed by atoms with Crippen molar-refractivity contribution in [3.8, 4) is 0 Å². The van der Waals surface area contributed by atoms with Crippen molar-refractivity contribution in [3.05, 3.63) is 29.3 Å². The molecule has 2 aliphatic heterocycles. The third-order valence-corrected chi connectivity index (χ3v) is 5.11. The van der Waals surface area contributed by atoms with Crippen molar-refractivity contribution in [2.45, 2.75) is 38.3 Å². The summed E-state index contributed by atoms with van der Waals surface area (Å²) in [6, 6.07) is 0.593. The van der Waals surface area contributed by atoms with E-state index in [-0.39, 0.29) is 5.91 Å². The molecule has 0 bridgehead atoms. The fourth-order valence-electron chi connectivity index (χ4n) is 2.84. The van der Waals surface area contributed by atoms with E-state index >= 15 is 0 Å². The number of hydrogen-bond acceptors (Lipinski definition) is 5. The minimum atomic E-state index is 0.0576. The van der Waals surface area contributed by atoms with Crippen LogP contribution in [0.3, 0.4) is 0 Å². The summed E-state index contributed by atoms with van der Waals surface area (Å²) in [4.78, 5) is 23.1. The summed E-state index contributed by atoms with van der Waals surface area (Å²) in [5.74, 6) is 0.0576. The molecule has 116 valence electrons. The first kappa shape index (κ1) is 13.9. The van der Waals surface area contributed by atoms with E-state index in [9.17, 15) is 4.79 Å². The predicted octanol–water partition coefficient (Wildman–Crippen LogP) is 1.87. The van der Waals surface area contributed by atoms with E-state index in [1.807, 2.05) is 12.5 Å². The van der Waals surface area contributed by atoms with Crippen molar-refractivity contribution in [1.29, 1.82) is 0 Å². The molecule has 3 aliphatic rings. The average molecular weight is 317 g/mol. The summed E-state index contributed by atoms with van der Waals surface area (Å²) in [6.07, 6.45) is 7.63. The highest BCUT2D eigenvalue weighted by Gasteiger charge is 2.27. The van der Waals surface area contributed by atoms with Gasteiger partial charge in [-0.1, -0.05) is 11.8 Å². The highest BCUT2D eigenvalue weighted by molar-refractivity contribution is 8.16. The Kier molecular flexibility index (Phi) is 3.65. The van der Waals surface area contributed by atoms with E-state index in [0.29, 0.717) is 19.0 Å². The molecule has 1 fully saturated rings. The molecular weight excluding hydrogens is 298 g/mol. The Morgan fingerprint density at radius 3 is 3.23 bits per heavy atom. The minimum Gasteiger partial charge on any atom is -0.350 e. The van der Waals surface area contributed by atoms with Crippen molar-refractivity contribution in [2.75, 3.05) is 13.1 Å². The number of aromatic nitrogens is 2. The standard InChI is InChI=1S/C15H19N5OS/c21-14(6-12-9-22-15-17-4-1-5-19(12)15)18-8-13-7-16-10-20(13)11-2-3-11/h7,9-11H,1-6,8H2,(H,18,21). The summed E-state index contributed by atoms with van der Waals surface area (Å²) >= 11 is 1.63. The fourth-order valence-corrected chi connectivity index (χ4v) is 3.79. The van der Waals surface area contributed by atoms with Gasteiger partial charge in [-0.05, 0) is 24.7 Å². The smallest absolute Gasteiger partial charge is 0.226 e. The number of fused-ring (bicyclic) bond motifs is 1. The number of amides is 1. The second-order valence-electron chi connectivity index (χ2n) is 5.87. The Hall–Kier alpha value is -1.76. The summed E-state index contributed by atoms with van der Waals surface area (Å²) < 4.78 is 2.18. The number of nitrogens with one attached hydrogen (secondary N) is 1. The molecular formula is C15H19N5OS. The van der Waals surface area contributed by atoms with Crippen LogP contribution in [0.4, 0.5) is 0 Å². The zero-order valence-electron chi connectivity index (χ0n) is 12.4. The van der Waals surface area contributed by atoms with E-state index in [2.05, 4.69) is 30.2 Å². The van der Waals surface area contributed by atoms with Crippen LogP contribution in [0.15, 0.2) is 28.6 Å². The SMILES string of the molecule is O=C(CC1=CSC2=NCCCN12)NCc1cncn1C1CC1. The van der Waals surface area contributed by atoms with Crippen molar-refractivity contribution in [1.82, 2.24) is 19.8 Å². The zero-order valence-corrected chi connectivity index (χ0v) is 13.2. The number of thioether (sulfide) groups is 1. The molecule has 1 aromatic rings. The molecule has 0 atom stereocenters. The molecule has 0 saturated heterocycles. The molecule has 1 aromatic heterocycles. The Morgan fingerprint density at radius 1 is 1.45 bits per heavy atom. The molecule has 1 amide bonds. The van der Waals surface area contributed by atoms with Gasteiger partial charge in [-0.3, -0.25) is 9.79 Å². The van der Waals surface area contributed by atoms with E-state index in [1.54, 1.807) is 11.8 Å². The van der Waals surface area contributed by atoms with Gasteiger partial charge in [0.1, 0.15) is 0 Å². The van der Waals surface area contributed by atoms with Crippen LogP contribution in [-0.4, -0.2) is 38.6 Å². The van der Waals surface area contributed by atoms with E-state index in [0.717, 1.165) is 36.1 Å². The Morgan fingerprint density at radius 2 is 2.36 bits per heavy atom. The highest BCUT2D eigenvalue weighted by atomic mass is 32.2. The number of aliphatic imine (C=N–C) groups is 1. The van der Waals surface area contributed by atoms with Gasteiger partial charge in [0.05, 0.1) is 25.0 Å².